The SMILES string of the molecule is CC(=O)C(Cc1ccc(F)cc1Cl)C(=O)[C@H]1CC[C@H](c2ccccc2)CC1. The molecule has 0 bridgehead atoms. The largest absolute Gasteiger partial charge is 0.299 e. The summed E-state index contributed by atoms with van der Waals surface area (Å²) >= 11 is 6.09. The predicted molar refractivity (Wildman–Crippen MR) is 105 cm³/mol. The first-order chi connectivity index (χ1) is 13.0. The highest BCUT2D eigenvalue weighted by Crippen LogP contribution is 2.37. The zero-order valence-electron chi connectivity index (χ0n) is 15.5. The van der Waals surface area contributed by atoms with Gasteiger partial charge in [0.2, 0.25) is 0 Å². The van der Waals surface area contributed by atoms with Crippen LogP contribution in [0.4, 0.5) is 4.39 Å². The first kappa shape index (κ1) is 19.8. The number of ketones is 2. The second-order valence-electron chi connectivity index (χ2n) is 7.46. The second-order valence-corrected chi connectivity index (χ2v) is 7.87. The van der Waals surface area contributed by atoms with Crippen LogP contribution in [0.1, 0.15) is 49.7 Å². The molecular formula is C23H24ClFO2. The number of carbonyl (C=O) groups is 2. The molecule has 1 atom stereocenters. The van der Waals surface area contributed by atoms with Gasteiger partial charge in [0.1, 0.15) is 17.4 Å². The highest BCUT2D eigenvalue weighted by Gasteiger charge is 2.33. The Bertz CT molecular complexity index is 810. The monoisotopic (exact) mass is 386 g/mol. The van der Waals surface area contributed by atoms with E-state index in [1.807, 2.05) is 18.2 Å². The maximum atomic E-state index is 13.3. The van der Waals surface area contributed by atoms with Gasteiger partial charge in [0.05, 0.1) is 5.92 Å². The highest BCUT2D eigenvalue weighted by atomic mass is 35.5. The van der Waals surface area contributed by atoms with Crippen LogP contribution >= 0.6 is 11.6 Å². The van der Waals surface area contributed by atoms with Gasteiger partial charge >= 0.3 is 0 Å². The van der Waals surface area contributed by atoms with E-state index in [2.05, 4.69) is 12.1 Å². The molecule has 0 aromatic heterocycles. The Morgan fingerprint density at radius 3 is 2.33 bits per heavy atom. The minimum atomic E-state index is -0.703. The Kier molecular flexibility index (Phi) is 6.43. The van der Waals surface area contributed by atoms with E-state index in [0.717, 1.165) is 25.7 Å². The standard InChI is InChI=1S/C23H24ClFO2/c1-15(26)21(13-19-11-12-20(25)14-22(19)24)23(27)18-9-7-17(8-10-18)16-5-3-2-4-6-16/h2-6,11-12,14,17-18,21H,7-10,13H2,1H3/t17-,18-,21?. The van der Waals surface area contributed by atoms with Crippen molar-refractivity contribution in [3.63, 3.8) is 0 Å². The quantitative estimate of drug-likeness (QED) is 0.590. The van der Waals surface area contributed by atoms with Gasteiger partial charge in [-0.25, -0.2) is 4.39 Å². The molecule has 142 valence electrons. The number of Topliss-reactive ketones (excluding diaryl/α,β-unsaturated/α-hetero) is 2. The lowest BCUT2D eigenvalue weighted by Gasteiger charge is -2.30. The average molecular weight is 387 g/mol. The number of hydrogen-bond donors (Lipinski definition) is 0. The van der Waals surface area contributed by atoms with Crippen molar-refractivity contribution in [2.24, 2.45) is 11.8 Å². The summed E-state index contributed by atoms with van der Waals surface area (Å²) in [6.07, 6.45) is 3.77. The summed E-state index contributed by atoms with van der Waals surface area (Å²) in [6.45, 7) is 1.45. The lowest BCUT2D eigenvalue weighted by molar-refractivity contribution is -0.134. The minimum absolute atomic E-state index is 0.00871. The lowest BCUT2D eigenvalue weighted by atomic mass is 9.73. The molecule has 4 heteroatoms. The summed E-state index contributed by atoms with van der Waals surface area (Å²) in [5.74, 6) is -0.865. The molecule has 0 amide bonds. The van der Waals surface area contributed by atoms with Crippen LogP contribution < -0.4 is 0 Å². The molecule has 3 rings (SSSR count). The smallest absolute Gasteiger partial charge is 0.146 e. The Labute approximate surface area is 164 Å². The third-order valence-electron chi connectivity index (χ3n) is 5.67. The Balaban J connectivity index is 1.66. The van der Waals surface area contributed by atoms with Gasteiger partial charge in [-0.3, -0.25) is 9.59 Å². The topological polar surface area (TPSA) is 34.1 Å². The number of rotatable bonds is 6. The van der Waals surface area contributed by atoms with Crippen LogP contribution in [-0.4, -0.2) is 11.6 Å². The molecule has 0 spiro atoms. The highest BCUT2D eigenvalue weighted by molar-refractivity contribution is 6.31. The molecule has 2 nitrogen and oxygen atoms in total. The van der Waals surface area contributed by atoms with Crippen LogP contribution in [0.15, 0.2) is 48.5 Å². The summed E-state index contributed by atoms with van der Waals surface area (Å²) < 4.78 is 13.3. The normalized spacial score (nSPS) is 20.9. The maximum absolute atomic E-state index is 13.3. The van der Waals surface area contributed by atoms with Crippen LogP contribution in [0, 0.1) is 17.7 Å². The lowest BCUT2D eigenvalue weighted by Crippen LogP contribution is -2.32. The van der Waals surface area contributed by atoms with Crippen molar-refractivity contribution in [1.82, 2.24) is 0 Å². The molecule has 0 radical (unpaired) electrons. The third-order valence-corrected chi connectivity index (χ3v) is 6.03. The Hall–Kier alpha value is -2.00. The Morgan fingerprint density at radius 1 is 1.07 bits per heavy atom. The van der Waals surface area contributed by atoms with E-state index in [-0.39, 0.29) is 28.9 Å². The van der Waals surface area contributed by atoms with Gasteiger partial charge in [-0.1, -0.05) is 48.0 Å². The van der Waals surface area contributed by atoms with Crippen LogP contribution in [0.5, 0.6) is 0 Å². The molecule has 0 aliphatic heterocycles. The predicted octanol–water partition coefficient (Wildman–Crippen LogP) is 5.77. The molecule has 2 aromatic rings. The van der Waals surface area contributed by atoms with E-state index in [4.69, 9.17) is 11.6 Å². The van der Waals surface area contributed by atoms with Crippen molar-refractivity contribution < 1.29 is 14.0 Å². The molecule has 1 saturated carbocycles. The van der Waals surface area contributed by atoms with Crippen molar-refractivity contribution in [2.75, 3.05) is 0 Å². The summed E-state index contributed by atoms with van der Waals surface area (Å²) in [5, 5.41) is 0.266. The van der Waals surface area contributed by atoms with Gasteiger partial charge in [0.25, 0.3) is 0 Å². The third kappa shape index (κ3) is 4.84. The van der Waals surface area contributed by atoms with E-state index in [0.29, 0.717) is 11.5 Å². The van der Waals surface area contributed by atoms with E-state index < -0.39 is 11.7 Å². The van der Waals surface area contributed by atoms with E-state index in [1.54, 1.807) is 6.07 Å². The van der Waals surface area contributed by atoms with Crippen molar-refractivity contribution in [3.8, 4) is 0 Å². The number of carbonyl (C=O) groups excluding carboxylic acids is 2. The first-order valence-electron chi connectivity index (χ1n) is 9.48. The van der Waals surface area contributed by atoms with E-state index >= 15 is 0 Å². The minimum Gasteiger partial charge on any atom is -0.299 e. The fourth-order valence-electron chi connectivity index (χ4n) is 4.07. The summed E-state index contributed by atoms with van der Waals surface area (Å²) in [6, 6.07) is 14.5. The van der Waals surface area contributed by atoms with Crippen LogP contribution in [-0.2, 0) is 16.0 Å². The van der Waals surface area contributed by atoms with Crippen LogP contribution in [0.2, 0.25) is 5.02 Å². The van der Waals surface area contributed by atoms with Gasteiger partial charge in [-0.05, 0) is 68.2 Å². The molecular weight excluding hydrogens is 363 g/mol. The maximum Gasteiger partial charge on any atom is 0.146 e. The molecule has 0 N–H and O–H groups in total. The van der Waals surface area contributed by atoms with Gasteiger partial charge in [-0.15, -0.1) is 0 Å². The summed E-state index contributed by atoms with van der Waals surface area (Å²) in [5.41, 5.74) is 1.97. The molecule has 0 heterocycles. The molecule has 27 heavy (non-hydrogen) atoms. The van der Waals surface area contributed by atoms with Crippen molar-refractivity contribution in [2.45, 2.75) is 44.9 Å². The fraction of sp³-hybridized carbons (Fsp3) is 0.391. The van der Waals surface area contributed by atoms with E-state index in [1.165, 1.54) is 24.6 Å². The van der Waals surface area contributed by atoms with Gasteiger partial charge in [0, 0.05) is 10.9 Å². The second kappa shape index (κ2) is 8.79. The molecule has 1 unspecified atom stereocenters. The van der Waals surface area contributed by atoms with Crippen molar-refractivity contribution in [1.29, 1.82) is 0 Å². The molecule has 1 aliphatic rings. The zero-order chi connectivity index (χ0) is 19.4. The van der Waals surface area contributed by atoms with Crippen molar-refractivity contribution in [3.05, 3.63) is 70.5 Å². The van der Waals surface area contributed by atoms with Crippen LogP contribution in [0.25, 0.3) is 0 Å². The average Bonchev–Trinajstić information content (AvgIpc) is 2.67. The summed E-state index contributed by atoms with van der Waals surface area (Å²) in [4.78, 5) is 25.2. The van der Waals surface area contributed by atoms with Gasteiger partial charge < -0.3 is 0 Å². The number of benzene rings is 2. The fourth-order valence-corrected chi connectivity index (χ4v) is 4.32. The van der Waals surface area contributed by atoms with E-state index in [9.17, 15) is 14.0 Å². The molecule has 2 aromatic carbocycles. The molecule has 1 fully saturated rings. The zero-order valence-corrected chi connectivity index (χ0v) is 16.2. The van der Waals surface area contributed by atoms with Crippen molar-refractivity contribution >= 4 is 23.2 Å². The number of hydrogen-bond acceptors (Lipinski definition) is 2. The van der Waals surface area contributed by atoms with Crippen LogP contribution in [0.3, 0.4) is 0 Å². The number of halogens is 2. The first-order valence-corrected chi connectivity index (χ1v) is 9.86. The summed E-state index contributed by atoms with van der Waals surface area (Å²) in [7, 11) is 0. The molecule has 1 aliphatic carbocycles. The Morgan fingerprint density at radius 2 is 1.74 bits per heavy atom. The van der Waals surface area contributed by atoms with Gasteiger partial charge in [0.15, 0.2) is 0 Å². The van der Waals surface area contributed by atoms with Gasteiger partial charge in [-0.2, -0.15) is 0 Å². The molecule has 0 saturated heterocycles.